The Morgan fingerprint density at radius 3 is 2.70 bits per heavy atom. The van der Waals surface area contributed by atoms with Crippen molar-refractivity contribution in [1.29, 1.82) is 0 Å². The molecular weight excluding hydrogens is 248 g/mol. The predicted octanol–water partition coefficient (Wildman–Crippen LogP) is 2.92. The highest BCUT2D eigenvalue weighted by molar-refractivity contribution is 5.84. The lowest BCUT2D eigenvalue weighted by atomic mass is 10.1. The number of nitrogens with one attached hydrogen (secondary N) is 1. The molecule has 0 radical (unpaired) electrons. The quantitative estimate of drug-likeness (QED) is 0.789. The number of rotatable bonds is 4. The van der Waals surface area contributed by atoms with E-state index in [1.54, 1.807) is 0 Å². The normalized spacial score (nSPS) is 11.3. The zero-order valence-corrected chi connectivity index (χ0v) is 11.7. The molecule has 0 bridgehead atoms. The van der Waals surface area contributed by atoms with Gasteiger partial charge in [0.05, 0.1) is 17.6 Å². The molecule has 0 saturated heterocycles. The summed E-state index contributed by atoms with van der Waals surface area (Å²) >= 11 is 0. The van der Waals surface area contributed by atoms with E-state index in [4.69, 9.17) is 0 Å². The number of nitrogens with zero attached hydrogens (tertiary/aromatic N) is 3. The first-order valence-electron chi connectivity index (χ1n) is 6.86. The molecule has 1 aromatic heterocycles. The van der Waals surface area contributed by atoms with Gasteiger partial charge < -0.3 is 5.32 Å². The molecule has 1 heterocycles. The molecular formula is C16H18N4. The van der Waals surface area contributed by atoms with Crippen LogP contribution in [0.5, 0.6) is 0 Å². The van der Waals surface area contributed by atoms with Crippen LogP contribution in [0, 0.1) is 0 Å². The van der Waals surface area contributed by atoms with Gasteiger partial charge >= 0.3 is 0 Å². The van der Waals surface area contributed by atoms with Gasteiger partial charge in [-0.2, -0.15) is 0 Å². The topological polar surface area (TPSA) is 42.7 Å². The number of hydrogen-bond acceptors (Lipinski definition) is 3. The summed E-state index contributed by atoms with van der Waals surface area (Å²) in [7, 11) is 0. The van der Waals surface area contributed by atoms with E-state index in [1.807, 2.05) is 23.0 Å². The summed E-state index contributed by atoms with van der Waals surface area (Å²) < 4.78 is 1.82. The molecule has 1 N–H and O–H groups in total. The van der Waals surface area contributed by atoms with E-state index in [9.17, 15) is 0 Å². The van der Waals surface area contributed by atoms with Crippen molar-refractivity contribution in [2.75, 3.05) is 0 Å². The molecule has 102 valence electrons. The average Bonchev–Trinajstić information content (AvgIpc) is 2.93. The monoisotopic (exact) mass is 266 g/mol. The van der Waals surface area contributed by atoms with Gasteiger partial charge in [-0.15, -0.1) is 5.10 Å². The van der Waals surface area contributed by atoms with Crippen molar-refractivity contribution in [1.82, 2.24) is 20.3 Å². The standard InChI is InChI=1S/C16H18N4/c1-12(2)17-10-15-11-20(19-18-15)16-8-7-13-5-3-4-6-14(13)9-16/h3-9,11-12,17H,10H2,1-2H3. The summed E-state index contributed by atoms with van der Waals surface area (Å²) in [5.74, 6) is 0. The van der Waals surface area contributed by atoms with Gasteiger partial charge in [0, 0.05) is 12.6 Å². The molecule has 0 spiro atoms. The Hall–Kier alpha value is -2.20. The average molecular weight is 266 g/mol. The number of aromatic nitrogens is 3. The Morgan fingerprint density at radius 2 is 1.90 bits per heavy atom. The molecule has 20 heavy (non-hydrogen) atoms. The van der Waals surface area contributed by atoms with Gasteiger partial charge in [0.2, 0.25) is 0 Å². The Bertz CT molecular complexity index is 715. The third kappa shape index (κ3) is 2.70. The fourth-order valence-corrected chi connectivity index (χ4v) is 2.13. The van der Waals surface area contributed by atoms with Crippen LogP contribution < -0.4 is 5.32 Å². The number of benzene rings is 2. The van der Waals surface area contributed by atoms with Crippen molar-refractivity contribution in [2.24, 2.45) is 0 Å². The Balaban J connectivity index is 1.87. The Morgan fingerprint density at radius 1 is 1.10 bits per heavy atom. The van der Waals surface area contributed by atoms with Crippen LogP contribution in [0.15, 0.2) is 48.7 Å². The van der Waals surface area contributed by atoms with Crippen molar-refractivity contribution < 1.29 is 0 Å². The number of fused-ring (bicyclic) bond motifs is 1. The highest BCUT2D eigenvalue weighted by Gasteiger charge is 2.04. The van der Waals surface area contributed by atoms with Crippen molar-refractivity contribution in [2.45, 2.75) is 26.4 Å². The van der Waals surface area contributed by atoms with Crippen LogP contribution in [-0.2, 0) is 6.54 Å². The lowest BCUT2D eigenvalue weighted by Gasteiger charge is -2.04. The Kier molecular flexibility index (Phi) is 3.48. The highest BCUT2D eigenvalue weighted by Crippen LogP contribution is 2.17. The van der Waals surface area contributed by atoms with Gasteiger partial charge in [-0.05, 0) is 22.9 Å². The molecule has 3 aromatic rings. The lowest BCUT2D eigenvalue weighted by molar-refractivity contribution is 0.580. The zero-order valence-electron chi connectivity index (χ0n) is 11.7. The molecule has 0 aliphatic rings. The maximum atomic E-state index is 4.20. The fraction of sp³-hybridized carbons (Fsp3) is 0.250. The second-order valence-corrected chi connectivity index (χ2v) is 5.22. The maximum Gasteiger partial charge on any atom is 0.0969 e. The van der Waals surface area contributed by atoms with Gasteiger partial charge in [-0.25, -0.2) is 4.68 Å². The van der Waals surface area contributed by atoms with E-state index in [2.05, 4.69) is 59.8 Å². The molecule has 0 atom stereocenters. The van der Waals surface area contributed by atoms with Crippen molar-refractivity contribution in [3.63, 3.8) is 0 Å². The SMILES string of the molecule is CC(C)NCc1cn(-c2ccc3ccccc3c2)nn1. The third-order valence-corrected chi connectivity index (χ3v) is 3.23. The summed E-state index contributed by atoms with van der Waals surface area (Å²) in [6.07, 6.45) is 1.97. The zero-order chi connectivity index (χ0) is 13.9. The first-order valence-corrected chi connectivity index (χ1v) is 6.86. The summed E-state index contributed by atoms with van der Waals surface area (Å²) in [5.41, 5.74) is 1.99. The summed E-state index contributed by atoms with van der Waals surface area (Å²) in [5, 5.41) is 14.2. The number of hydrogen-bond donors (Lipinski definition) is 1. The van der Waals surface area contributed by atoms with Crippen molar-refractivity contribution in [3.05, 3.63) is 54.4 Å². The molecule has 0 unspecified atom stereocenters. The molecule has 0 amide bonds. The molecule has 4 heteroatoms. The predicted molar refractivity (Wildman–Crippen MR) is 80.8 cm³/mol. The first kappa shape index (κ1) is 12.8. The smallest absolute Gasteiger partial charge is 0.0969 e. The molecule has 0 aliphatic carbocycles. The van der Waals surface area contributed by atoms with Gasteiger partial charge in [-0.3, -0.25) is 0 Å². The van der Waals surface area contributed by atoms with E-state index in [0.29, 0.717) is 6.04 Å². The minimum Gasteiger partial charge on any atom is -0.309 e. The van der Waals surface area contributed by atoms with Crippen LogP contribution in [0.4, 0.5) is 0 Å². The van der Waals surface area contributed by atoms with Gasteiger partial charge in [0.15, 0.2) is 0 Å². The van der Waals surface area contributed by atoms with Crippen molar-refractivity contribution >= 4 is 10.8 Å². The second-order valence-electron chi connectivity index (χ2n) is 5.22. The molecule has 3 rings (SSSR count). The Labute approximate surface area is 118 Å². The van der Waals surface area contributed by atoms with Gasteiger partial charge in [0.25, 0.3) is 0 Å². The van der Waals surface area contributed by atoms with E-state index < -0.39 is 0 Å². The third-order valence-electron chi connectivity index (χ3n) is 3.23. The summed E-state index contributed by atoms with van der Waals surface area (Å²) in [6, 6.07) is 15.1. The molecule has 0 fully saturated rings. The summed E-state index contributed by atoms with van der Waals surface area (Å²) in [6.45, 7) is 4.98. The van der Waals surface area contributed by atoms with E-state index >= 15 is 0 Å². The highest BCUT2D eigenvalue weighted by atomic mass is 15.4. The van der Waals surface area contributed by atoms with Crippen LogP contribution in [0.3, 0.4) is 0 Å². The van der Waals surface area contributed by atoms with Gasteiger partial charge in [0.1, 0.15) is 0 Å². The minimum atomic E-state index is 0.445. The van der Waals surface area contributed by atoms with E-state index in [-0.39, 0.29) is 0 Å². The molecule has 0 saturated carbocycles. The van der Waals surface area contributed by atoms with E-state index in [1.165, 1.54) is 10.8 Å². The maximum absolute atomic E-state index is 4.20. The fourth-order valence-electron chi connectivity index (χ4n) is 2.13. The second kappa shape index (κ2) is 5.43. The van der Waals surface area contributed by atoms with Crippen LogP contribution in [0.1, 0.15) is 19.5 Å². The first-order chi connectivity index (χ1) is 9.72. The lowest BCUT2D eigenvalue weighted by Crippen LogP contribution is -2.21. The molecule has 0 aliphatic heterocycles. The van der Waals surface area contributed by atoms with Crippen LogP contribution in [-0.4, -0.2) is 21.0 Å². The molecule has 2 aromatic carbocycles. The van der Waals surface area contributed by atoms with Crippen molar-refractivity contribution in [3.8, 4) is 5.69 Å². The summed E-state index contributed by atoms with van der Waals surface area (Å²) in [4.78, 5) is 0. The molecule has 4 nitrogen and oxygen atoms in total. The van der Waals surface area contributed by atoms with Crippen LogP contribution >= 0.6 is 0 Å². The minimum absolute atomic E-state index is 0.445. The van der Waals surface area contributed by atoms with Crippen LogP contribution in [0.2, 0.25) is 0 Å². The largest absolute Gasteiger partial charge is 0.309 e. The van der Waals surface area contributed by atoms with Gasteiger partial charge in [-0.1, -0.05) is 49.4 Å². The van der Waals surface area contributed by atoms with Crippen LogP contribution in [0.25, 0.3) is 16.5 Å². The van der Waals surface area contributed by atoms with E-state index in [0.717, 1.165) is 17.9 Å².